The Balaban J connectivity index is 2.24. The van der Waals surface area contributed by atoms with E-state index in [0.29, 0.717) is 21.5 Å². The zero-order valence-electron chi connectivity index (χ0n) is 9.54. The van der Waals surface area contributed by atoms with Gasteiger partial charge >= 0.3 is 0 Å². The van der Waals surface area contributed by atoms with Crippen molar-refractivity contribution >= 4 is 27.5 Å². The molecule has 0 saturated carbocycles. The smallest absolute Gasteiger partial charge is 0.129 e. The predicted molar refractivity (Wildman–Crippen MR) is 76.2 cm³/mol. The summed E-state index contributed by atoms with van der Waals surface area (Å²) in [4.78, 5) is 0. The van der Waals surface area contributed by atoms with Gasteiger partial charge in [0.2, 0.25) is 0 Å². The molecule has 1 nitrogen and oxygen atoms in total. The largest absolute Gasteiger partial charge is 0.324 e. The van der Waals surface area contributed by atoms with Crippen LogP contribution in [0.15, 0.2) is 46.9 Å². The molecule has 1 atom stereocenters. The molecule has 0 aliphatic rings. The molecule has 2 N–H and O–H groups in total. The minimum atomic E-state index is -0.405. The number of hydrogen-bond donors (Lipinski definition) is 1. The number of halogens is 3. The molecule has 0 spiro atoms. The van der Waals surface area contributed by atoms with Crippen LogP contribution < -0.4 is 5.73 Å². The molecular weight excluding hydrogens is 317 g/mol. The molecule has 0 amide bonds. The van der Waals surface area contributed by atoms with E-state index in [0.717, 1.165) is 5.56 Å². The topological polar surface area (TPSA) is 26.0 Å². The van der Waals surface area contributed by atoms with E-state index in [1.54, 1.807) is 6.07 Å². The van der Waals surface area contributed by atoms with Crippen molar-refractivity contribution in [3.8, 4) is 0 Å². The minimum absolute atomic E-state index is 0.338. The fourth-order valence-corrected chi connectivity index (χ4v) is 2.29. The van der Waals surface area contributed by atoms with Gasteiger partial charge in [0.05, 0.1) is 5.02 Å². The molecule has 18 heavy (non-hydrogen) atoms. The van der Waals surface area contributed by atoms with Gasteiger partial charge in [0.25, 0.3) is 0 Å². The highest BCUT2D eigenvalue weighted by Crippen LogP contribution is 2.29. The zero-order valence-corrected chi connectivity index (χ0v) is 11.9. The van der Waals surface area contributed by atoms with Gasteiger partial charge in [0.1, 0.15) is 5.82 Å². The summed E-state index contributed by atoms with van der Waals surface area (Å²) in [6.07, 6.45) is 0.579. The molecule has 4 heteroatoms. The molecule has 1 unspecified atom stereocenters. The van der Waals surface area contributed by atoms with E-state index in [9.17, 15) is 4.39 Å². The highest BCUT2D eigenvalue weighted by atomic mass is 79.9. The summed E-state index contributed by atoms with van der Waals surface area (Å²) >= 11 is 9.15. The summed E-state index contributed by atoms with van der Waals surface area (Å²) in [6, 6.07) is 12.3. The Morgan fingerprint density at radius 1 is 1.22 bits per heavy atom. The van der Waals surface area contributed by atoms with Gasteiger partial charge in [0, 0.05) is 16.1 Å². The summed E-state index contributed by atoms with van der Waals surface area (Å²) in [7, 11) is 0. The zero-order chi connectivity index (χ0) is 13.1. The van der Waals surface area contributed by atoms with Gasteiger partial charge in [-0.25, -0.2) is 4.39 Å². The van der Waals surface area contributed by atoms with Crippen LogP contribution in [-0.2, 0) is 6.42 Å². The maximum absolute atomic E-state index is 13.8. The average molecular weight is 329 g/mol. The van der Waals surface area contributed by atoms with Crippen LogP contribution in [0.2, 0.25) is 5.02 Å². The predicted octanol–water partition coefficient (Wildman–Crippen LogP) is 4.48. The van der Waals surface area contributed by atoms with Crippen molar-refractivity contribution in [2.45, 2.75) is 12.5 Å². The fourth-order valence-electron chi connectivity index (χ4n) is 1.80. The first-order valence-corrected chi connectivity index (χ1v) is 6.69. The summed E-state index contributed by atoms with van der Waals surface area (Å²) in [5, 5.41) is 0.468. The Labute approximate surface area is 119 Å². The minimum Gasteiger partial charge on any atom is -0.324 e. The third-order valence-corrected chi connectivity index (χ3v) is 3.93. The van der Waals surface area contributed by atoms with Crippen molar-refractivity contribution < 1.29 is 4.39 Å². The lowest BCUT2D eigenvalue weighted by atomic mass is 9.99. The van der Waals surface area contributed by atoms with Crippen LogP contribution in [0.1, 0.15) is 17.2 Å². The fraction of sp³-hybridized carbons (Fsp3) is 0.143. The van der Waals surface area contributed by atoms with Crippen molar-refractivity contribution in [3.63, 3.8) is 0 Å². The number of nitrogens with two attached hydrogens (primary N) is 1. The van der Waals surface area contributed by atoms with Crippen molar-refractivity contribution in [3.05, 3.63) is 68.9 Å². The third-order valence-electron chi connectivity index (χ3n) is 2.74. The molecule has 0 heterocycles. The van der Waals surface area contributed by atoms with E-state index < -0.39 is 6.04 Å². The molecule has 0 aliphatic carbocycles. The summed E-state index contributed by atoms with van der Waals surface area (Å²) in [6.45, 7) is 0. The first-order valence-electron chi connectivity index (χ1n) is 5.52. The van der Waals surface area contributed by atoms with Crippen LogP contribution in [0, 0.1) is 5.82 Å². The SMILES string of the molecule is NC(Cc1ccccc1)c1cc(Cl)c(Br)cc1F. The van der Waals surface area contributed by atoms with E-state index >= 15 is 0 Å². The van der Waals surface area contributed by atoms with Gasteiger partial charge in [-0.3, -0.25) is 0 Å². The van der Waals surface area contributed by atoms with E-state index in [1.165, 1.54) is 6.07 Å². The monoisotopic (exact) mass is 327 g/mol. The first kappa shape index (κ1) is 13.5. The quantitative estimate of drug-likeness (QED) is 0.826. The Morgan fingerprint density at radius 3 is 2.56 bits per heavy atom. The van der Waals surface area contributed by atoms with Gasteiger partial charge in [-0.05, 0) is 40.0 Å². The second kappa shape index (κ2) is 5.83. The van der Waals surface area contributed by atoms with Gasteiger partial charge in [0.15, 0.2) is 0 Å². The molecular formula is C14H12BrClFN. The molecule has 2 aromatic rings. The van der Waals surface area contributed by atoms with E-state index in [4.69, 9.17) is 17.3 Å². The Morgan fingerprint density at radius 2 is 1.89 bits per heavy atom. The van der Waals surface area contributed by atoms with Crippen LogP contribution >= 0.6 is 27.5 Å². The molecule has 0 saturated heterocycles. The maximum atomic E-state index is 13.8. The van der Waals surface area contributed by atoms with E-state index in [-0.39, 0.29) is 5.82 Å². The molecule has 2 rings (SSSR count). The summed E-state index contributed by atoms with van der Waals surface area (Å²) in [5.74, 6) is -0.338. The summed E-state index contributed by atoms with van der Waals surface area (Å²) in [5.41, 5.74) is 7.54. The van der Waals surface area contributed by atoms with Gasteiger partial charge in [-0.1, -0.05) is 41.9 Å². The summed E-state index contributed by atoms with van der Waals surface area (Å²) < 4.78 is 14.4. The second-order valence-corrected chi connectivity index (χ2v) is 5.35. The lowest BCUT2D eigenvalue weighted by Gasteiger charge is -2.14. The highest BCUT2D eigenvalue weighted by molar-refractivity contribution is 9.10. The first-order chi connectivity index (χ1) is 8.58. The van der Waals surface area contributed by atoms with Crippen molar-refractivity contribution in [2.75, 3.05) is 0 Å². The molecule has 94 valence electrons. The molecule has 0 fully saturated rings. The number of rotatable bonds is 3. The Bertz CT molecular complexity index is 545. The molecule has 0 radical (unpaired) electrons. The van der Waals surface area contributed by atoms with Crippen LogP contribution in [0.5, 0.6) is 0 Å². The van der Waals surface area contributed by atoms with Crippen LogP contribution in [0.4, 0.5) is 4.39 Å². The second-order valence-electron chi connectivity index (χ2n) is 4.08. The lowest BCUT2D eigenvalue weighted by molar-refractivity contribution is 0.579. The standard InChI is InChI=1S/C14H12BrClFN/c15-11-8-13(17)10(7-12(11)16)14(18)6-9-4-2-1-3-5-9/h1-5,7-8,14H,6,18H2. The maximum Gasteiger partial charge on any atom is 0.129 e. The normalized spacial score (nSPS) is 12.4. The lowest BCUT2D eigenvalue weighted by Crippen LogP contribution is -2.15. The Hall–Kier alpha value is -0.900. The number of benzene rings is 2. The number of hydrogen-bond acceptors (Lipinski definition) is 1. The van der Waals surface area contributed by atoms with E-state index in [2.05, 4.69) is 15.9 Å². The van der Waals surface area contributed by atoms with Gasteiger partial charge in [-0.15, -0.1) is 0 Å². The van der Waals surface area contributed by atoms with Crippen molar-refractivity contribution in [2.24, 2.45) is 5.73 Å². The molecule has 0 aromatic heterocycles. The van der Waals surface area contributed by atoms with Gasteiger partial charge in [-0.2, -0.15) is 0 Å². The Kier molecular flexibility index (Phi) is 4.38. The van der Waals surface area contributed by atoms with Gasteiger partial charge < -0.3 is 5.73 Å². The molecule has 0 bridgehead atoms. The van der Waals surface area contributed by atoms with Crippen molar-refractivity contribution in [1.82, 2.24) is 0 Å². The van der Waals surface area contributed by atoms with E-state index in [1.807, 2.05) is 30.3 Å². The van der Waals surface area contributed by atoms with Crippen LogP contribution in [-0.4, -0.2) is 0 Å². The van der Waals surface area contributed by atoms with Crippen LogP contribution in [0.25, 0.3) is 0 Å². The van der Waals surface area contributed by atoms with Crippen molar-refractivity contribution in [1.29, 1.82) is 0 Å². The average Bonchev–Trinajstić information content (AvgIpc) is 2.35. The molecule has 2 aromatic carbocycles. The molecule has 0 aliphatic heterocycles. The van der Waals surface area contributed by atoms with Crippen LogP contribution in [0.3, 0.4) is 0 Å². The highest BCUT2D eigenvalue weighted by Gasteiger charge is 2.14. The third kappa shape index (κ3) is 3.10.